The Labute approximate surface area is 112 Å². The summed E-state index contributed by atoms with van der Waals surface area (Å²) < 4.78 is 0. The summed E-state index contributed by atoms with van der Waals surface area (Å²) in [6.45, 7) is 2.01. The average Bonchev–Trinajstić information content (AvgIpc) is 2.87. The van der Waals surface area contributed by atoms with Gasteiger partial charge >= 0.3 is 0 Å². The van der Waals surface area contributed by atoms with Crippen molar-refractivity contribution in [3.8, 4) is 0 Å². The highest BCUT2D eigenvalue weighted by atomic mass is 32.1. The first-order chi connectivity index (χ1) is 8.84. The SMILES string of the molecule is O=C(N[C@@H]1CCCNC1)C1CCCc2sccc21. The topological polar surface area (TPSA) is 41.1 Å². The molecule has 1 aromatic rings. The van der Waals surface area contributed by atoms with E-state index in [9.17, 15) is 4.79 Å². The summed E-state index contributed by atoms with van der Waals surface area (Å²) in [4.78, 5) is 13.8. The minimum atomic E-state index is 0.0990. The number of piperidine rings is 1. The number of carbonyl (C=O) groups excluding carboxylic acids is 1. The Kier molecular flexibility index (Phi) is 3.66. The van der Waals surface area contributed by atoms with Crippen LogP contribution in [0.4, 0.5) is 0 Å². The molecule has 98 valence electrons. The second-order valence-corrected chi connectivity index (χ2v) is 6.30. The largest absolute Gasteiger partial charge is 0.352 e. The first kappa shape index (κ1) is 12.2. The van der Waals surface area contributed by atoms with Crippen molar-refractivity contribution in [3.63, 3.8) is 0 Å². The van der Waals surface area contributed by atoms with E-state index in [0.717, 1.165) is 38.8 Å². The van der Waals surface area contributed by atoms with Gasteiger partial charge in [-0.2, -0.15) is 0 Å². The van der Waals surface area contributed by atoms with Crippen LogP contribution in [0, 0.1) is 0 Å². The monoisotopic (exact) mass is 264 g/mol. The second-order valence-electron chi connectivity index (χ2n) is 5.30. The third-order valence-corrected chi connectivity index (χ3v) is 5.01. The molecule has 3 nitrogen and oxygen atoms in total. The summed E-state index contributed by atoms with van der Waals surface area (Å²) in [5, 5.41) is 8.69. The molecule has 2 atom stereocenters. The van der Waals surface area contributed by atoms with E-state index < -0.39 is 0 Å². The molecular formula is C14H20N2OS. The molecule has 2 aliphatic rings. The van der Waals surface area contributed by atoms with Crippen LogP contribution in [0.15, 0.2) is 11.4 Å². The predicted molar refractivity (Wildman–Crippen MR) is 74.0 cm³/mol. The zero-order chi connectivity index (χ0) is 12.4. The van der Waals surface area contributed by atoms with E-state index in [-0.39, 0.29) is 11.8 Å². The van der Waals surface area contributed by atoms with E-state index >= 15 is 0 Å². The van der Waals surface area contributed by atoms with Crippen LogP contribution in [-0.4, -0.2) is 25.0 Å². The molecule has 1 aliphatic carbocycles. The van der Waals surface area contributed by atoms with Gasteiger partial charge in [-0.25, -0.2) is 0 Å². The van der Waals surface area contributed by atoms with Gasteiger partial charge in [-0.1, -0.05) is 0 Å². The Balaban J connectivity index is 1.66. The van der Waals surface area contributed by atoms with Gasteiger partial charge in [-0.3, -0.25) is 4.79 Å². The van der Waals surface area contributed by atoms with E-state index in [2.05, 4.69) is 22.1 Å². The number of rotatable bonds is 2. The fourth-order valence-electron chi connectivity index (χ4n) is 3.04. The normalized spacial score (nSPS) is 27.6. The fraction of sp³-hybridized carbons (Fsp3) is 0.643. The quantitative estimate of drug-likeness (QED) is 0.858. The van der Waals surface area contributed by atoms with Crippen LogP contribution in [0.25, 0.3) is 0 Å². The molecule has 1 saturated heterocycles. The molecule has 0 bridgehead atoms. The number of fused-ring (bicyclic) bond motifs is 1. The van der Waals surface area contributed by atoms with Crippen LogP contribution in [0.1, 0.15) is 42.0 Å². The Morgan fingerprint density at radius 2 is 2.33 bits per heavy atom. The Morgan fingerprint density at radius 3 is 3.17 bits per heavy atom. The molecule has 0 aromatic carbocycles. The molecule has 0 radical (unpaired) electrons. The molecule has 1 amide bonds. The Morgan fingerprint density at radius 1 is 1.39 bits per heavy atom. The molecule has 1 aliphatic heterocycles. The van der Waals surface area contributed by atoms with Crippen molar-refractivity contribution in [2.24, 2.45) is 0 Å². The first-order valence-corrected chi connectivity index (χ1v) is 7.80. The standard InChI is InChI=1S/C14H20N2OS/c17-14(16-10-3-2-7-15-9-10)12-4-1-5-13-11(12)6-8-18-13/h6,8,10,12,15H,1-5,7,9H2,(H,16,17)/t10-,12?/m1/s1. The highest BCUT2D eigenvalue weighted by Crippen LogP contribution is 2.35. The Bertz CT molecular complexity index is 423. The summed E-state index contributed by atoms with van der Waals surface area (Å²) in [7, 11) is 0. The lowest BCUT2D eigenvalue weighted by molar-refractivity contribution is -0.123. The van der Waals surface area contributed by atoms with E-state index in [4.69, 9.17) is 0 Å². The van der Waals surface area contributed by atoms with Crippen molar-refractivity contribution in [2.45, 2.75) is 44.1 Å². The fourth-order valence-corrected chi connectivity index (χ4v) is 4.02. The number of carbonyl (C=O) groups is 1. The molecular weight excluding hydrogens is 244 g/mol. The van der Waals surface area contributed by atoms with Crippen LogP contribution in [-0.2, 0) is 11.2 Å². The lowest BCUT2D eigenvalue weighted by Crippen LogP contribution is -2.47. The Hall–Kier alpha value is -0.870. The number of aryl methyl sites for hydroxylation is 1. The van der Waals surface area contributed by atoms with Crippen LogP contribution in [0.2, 0.25) is 0 Å². The smallest absolute Gasteiger partial charge is 0.227 e. The summed E-state index contributed by atoms with van der Waals surface area (Å²) >= 11 is 1.80. The highest BCUT2D eigenvalue weighted by molar-refractivity contribution is 7.10. The maximum Gasteiger partial charge on any atom is 0.227 e. The third kappa shape index (κ3) is 2.45. The van der Waals surface area contributed by atoms with E-state index in [0.29, 0.717) is 6.04 Å². The number of thiophene rings is 1. The summed E-state index contributed by atoms with van der Waals surface area (Å²) in [6.07, 6.45) is 5.59. The number of hydrogen-bond donors (Lipinski definition) is 2. The molecule has 1 fully saturated rings. The van der Waals surface area contributed by atoms with Gasteiger partial charge in [0.2, 0.25) is 5.91 Å². The zero-order valence-corrected chi connectivity index (χ0v) is 11.4. The number of amides is 1. The van der Waals surface area contributed by atoms with Gasteiger partial charge in [-0.15, -0.1) is 11.3 Å². The number of nitrogens with one attached hydrogen (secondary N) is 2. The van der Waals surface area contributed by atoms with Gasteiger partial charge in [0, 0.05) is 17.5 Å². The first-order valence-electron chi connectivity index (χ1n) is 6.92. The van der Waals surface area contributed by atoms with Gasteiger partial charge in [-0.05, 0) is 55.7 Å². The highest BCUT2D eigenvalue weighted by Gasteiger charge is 2.28. The molecule has 4 heteroatoms. The minimum absolute atomic E-state index is 0.0990. The van der Waals surface area contributed by atoms with Crippen molar-refractivity contribution in [2.75, 3.05) is 13.1 Å². The van der Waals surface area contributed by atoms with Gasteiger partial charge in [0.05, 0.1) is 5.92 Å². The molecule has 3 rings (SSSR count). The molecule has 0 saturated carbocycles. The van der Waals surface area contributed by atoms with Gasteiger partial charge in [0.1, 0.15) is 0 Å². The van der Waals surface area contributed by atoms with Crippen LogP contribution in [0.5, 0.6) is 0 Å². The number of hydrogen-bond acceptors (Lipinski definition) is 3. The van der Waals surface area contributed by atoms with Crippen LogP contribution < -0.4 is 10.6 Å². The predicted octanol–water partition coefficient (Wildman–Crippen LogP) is 2.04. The maximum atomic E-state index is 12.4. The van der Waals surface area contributed by atoms with Gasteiger partial charge in [0.25, 0.3) is 0 Å². The van der Waals surface area contributed by atoms with E-state index in [1.54, 1.807) is 11.3 Å². The molecule has 2 N–H and O–H groups in total. The molecule has 0 spiro atoms. The third-order valence-electron chi connectivity index (χ3n) is 4.01. The van der Waals surface area contributed by atoms with Crippen LogP contribution >= 0.6 is 11.3 Å². The molecule has 18 heavy (non-hydrogen) atoms. The lowest BCUT2D eigenvalue weighted by atomic mass is 9.87. The van der Waals surface area contributed by atoms with Gasteiger partial charge in [0.15, 0.2) is 0 Å². The van der Waals surface area contributed by atoms with Crippen molar-refractivity contribution in [1.82, 2.24) is 10.6 Å². The van der Waals surface area contributed by atoms with Crippen molar-refractivity contribution in [1.29, 1.82) is 0 Å². The lowest BCUT2D eigenvalue weighted by Gasteiger charge is -2.28. The minimum Gasteiger partial charge on any atom is -0.352 e. The van der Waals surface area contributed by atoms with Crippen molar-refractivity contribution < 1.29 is 4.79 Å². The van der Waals surface area contributed by atoms with Crippen molar-refractivity contribution in [3.05, 3.63) is 21.9 Å². The van der Waals surface area contributed by atoms with E-state index in [1.807, 2.05) is 0 Å². The maximum absolute atomic E-state index is 12.4. The average molecular weight is 264 g/mol. The molecule has 1 aromatic heterocycles. The molecule has 1 unspecified atom stereocenters. The zero-order valence-electron chi connectivity index (χ0n) is 10.6. The second kappa shape index (κ2) is 5.41. The molecule has 2 heterocycles. The summed E-state index contributed by atoms with van der Waals surface area (Å²) in [5.41, 5.74) is 1.28. The van der Waals surface area contributed by atoms with Crippen molar-refractivity contribution >= 4 is 17.2 Å². The van der Waals surface area contributed by atoms with E-state index in [1.165, 1.54) is 16.9 Å². The van der Waals surface area contributed by atoms with Gasteiger partial charge < -0.3 is 10.6 Å². The summed E-state index contributed by atoms with van der Waals surface area (Å²) in [6, 6.07) is 2.47. The van der Waals surface area contributed by atoms with Crippen LogP contribution in [0.3, 0.4) is 0 Å². The summed E-state index contributed by atoms with van der Waals surface area (Å²) in [5.74, 6) is 0.338.